The molecule has 1 fully saturated rings. The average molecular weight is 289 g/mol. The molecule has 94 valence electrons. The summed E-state index contributed by atoms with van der Waals surface area (Å²) < 4.78 is 5.77. The molecule has 3 rings (SSSR count). The molecule has 1 aliphatic rings. The molecule has 0 radical (unpaired) electrons. The number of nitrogens with one attached hydrogen (secondary N) is 1. The maximum Gasteiger partial charge on any atom is 0.263 e. The van der Waals surface area contributed by atoms with Crippen LogP contribution in [-0.2, 0) is 4.79 Å². The van der Waals surface area contributed by atoms with E-state index in [0.29, 0.717) is 25.8 Å². The lowest BCUT2D eigenvalue weighted by molar-refractivity contribution is -0.115. The largest absolute Gasteiger partial charge is 0.463 e. The van der Waals surface area contributed by atoms with Crippen molar-refractivity contribution in [3.63, 3.8) is 0 Å². The molecule has 1 saturated heterocycles. The van der Waals surface area contributed by atoms with E-state index in [-0.39, 0.29) is 11.3 Å². The van der Waals surface area contributed by atoms with Gasteiger partial charge in [0.25, 0.3) is 5.91 Å². The molecule has 2 aromatic rings. The molecular formula is C13H7NO3S2. The van der Waals surface area contributed by atoms with E-state index < -0.39 is 0 Å². The summed E-state index contributed by atoms with van der Waals surface area (Å²) in [5.41, 5.74) is 0.690. The van der Waals surface area contributed by atoms with Crippen LogP contribution in [0.3, 0.4) is 0 Å². The smallest absolute Gasteiger partial charge is 0.263 e. The van der Waals surface area contributed by atoms with Gasteiger partial charge in [-0.15, -0.1) is 0 Å². The van der Waals surface area contributed by atoms with Crippen molar-refractivity contribution in [2.24, 2.45) is 0 Å². The second-order valence-electron chi connectivity index (χ2n) is 3.87. The van der Waals surface area contributed by atoms with Crippen molar-refractivity contribution in [3.8, 4) is 0 Å². The van der Waals surface area contributed by atoms with Gasteiger partial charge in [-0.1, -0.05) is 36.1 Å². The molecule has 0 unspecified atom stereocenters. The fourth-order valence-corrected chi connectivity index (χ4v) is 2.79. The van der Waals surface area contributed by atoms with Gasteiger partial charge in [-0.25, -0.2) is 0 Å². The lowest BCUT2D eigenvalue weighted by Gasteiger charge is -1.98. The summed E-state index contributed by atoms with van der Waals surface area (Å²) in [5.74, 6) is -0.289. The topological polar surface area (TPSA) is 59.3 Å². The molecule has 4 nitrogen and oxygen atoms in total. The van der Waals surface area contributed by atoms with E-state index in [4.69, 9.17) is 16.6 Å². The minimum Gasteiger partial charge on any atom is -0.463 e. The van der Waals surface area contributed by atoms with Crippen LogP contribution in [0.1, 0.15) is 5.56 Å². The van der Waals surface area contributed by atoms with Crippen molar-refractivity contribution in [2.75, 3.05) is 0 Å². The van der Waals surface area contributed by atoms with E-state index >= 15 is 0 Å². The summed E-state index contributed by atoms with van der Waals surface area (Å²) in [6.45, 7) is 0. The highest BCUT2D eigenvalue weighted by atomic mass is 32.2. The second kappa shape index (κ2) is 4.64. The highest BCUT2D eigenvalue weighted by Gasteiger charge is 2.22. The Morgan fingerprint density at radius 1 is 1.26 bits per heavy atom. The second-order valence-corrected chi connectivity index (χ2v) is 5.59. The van der Waals surface area contributed by atoms with Crippen LogP contribution in [0.5, 0.6) is 0 Å². The predicted octanol–water partition coefficient (Wildman–Crippen LogP) is 2.28. The molecule has 0 bridgehead atoms. The normalized spacial score (nSPS) is 17.2. The van der Waals surface area contributed by atoms with E-state index in [9.17, 15) is 9.59 Å². The first-order valence-corrected chi connectivity index (χ1v) is 6.63. The Morgan fingerprint density at radius 3 is 2.79 bits per heavy atom. The van der Waals surface area contributed by atoms with E-state index in [1.807, 2.05) is 0 Å². The highest BCUT2D eigenvalue weighted by Crippen LogP contribution is 2.25. The Bertz CT molecular complexity index is 792. The van der Waals surface area contributed by atoms with Crippen molar-refractivity contribution in [2.45, 2.75) is 0 Å². The maximum atomic E-state index is 12.2. The number of benzene rings is 1. The van der Waals surface area contributed by atoms with E-state index in [1.54, 1.807) is 24.3 Å². The third kappa shape index (κ3) is 2.20. The molecule has 1 amide bonds. The fraction of sp³-hybridized carbons (Fsp3) is 0. The molecule has 1 aliphatic heterocycles. The fourth-order valence-electron chi connectivity index (χ4n) is 1.75. The summed E-state index contributed by atoms with van der Waals surface area (Å²) in [5, 5.41) is 2.99. The summed E-state index contributed by atoms with van der Waals surface area (Å²) in [6, 6.07) is 6.97. The first kappa shape index (κ1) is 12.1. The number of carbonyl (C=O) groups excluding carboxylic acids is 1. The van der Waals surface area contributed by atoms with Crippen LogP contribution in [0.4, 0.5) is 0 Å². The van der Waals surface area contributed by atoms with Gasteiger partial charge in [0.2, 0.25) is 0 Å². The number of thioether (sulfide) groups is 1. The highest BCUT2D eigenvalue weighted by molar-refractivity contribution is 8.26. The summed E-state index contributed by atoms with van der Waals surface area (Å²) >= 11 is 6.02. The Labute approximate surface area is 117 Å². The third-order valence-electron chi connectivity index (χ3n) is 2.64. The molecule has 2 heterocycles. The van der Waals surface area contributed by atoms with Crippen LogP contribution in [0.15, 0.2) is 44.6 Å². The van der Waals surface area contributed by atoms with E-state index in [0.717, 1.165) is 11.8 Å². The third-order valence-corrected chi connectivity index (χ3v) is 3.80. The van der Waals surface area contributed by atoms with Crippen molar-refractivity contribution in [1.82, 2.24) is 5.32 Å². The van der Waals surface area contributed by atoms with Gasteiger partial charge in [0.1, 0.15) is 16.2 Å². The number of hydrogen-bond donors (Lipinski definition) is 1. The Hall–Kier alpha value is -1.92. The Morgan fingerprint density at radius 2 is 2.05 bits per heavy atom. The zero-order chi connectivity index (χ0) is 13.4. The van der Waals surface area contributed by atoms with Gasteiger partial charge in [-0.3, -0.25) is 9.59 Å². The minimum absolute atomic E-state index is 0.166. The van der Waals surface area contributed by atoms with Crippen LogP contribution < -0.4 is 10.7 Å². The van der Waals surface area contributed by atoms with Gasteiger partial charge in [0.05, 0.1) is 15.9 Å². The number of fused-ring (bicyclic) bond motifs is 1. The van der Waals surface area contributed by atoms with Crippen molar-refractivity contribution < 1.29 is 9.21 Å². The van der Waals surface area contributed by atoms with Crippen LogP contribution >= 0.6 is 24.0 Å². The Kier molecular flexibility index (Phi) is 2.96. The van der Waals surface area contributed by atoms with Gasteiger partial charge in [0.15, 0.2) is 5.43 Å². The predicted molar refractivity (Wildman–Crippen MR) is 78.8 cm³/mol. The quantitative estimate of drug-likeness (QED) is 0.644. The van der Waals surface area contributed by atoms with E-state index in [2.05, 4.69) is 5.32 Å². The minimum atomic E-state index is -0.289. The van der Waals surface area contributed by atoms with Gasteiger partial charge >= 0.3 is 0 Å². The average Bonchev–Trinajstić information content (AvgIpc) is 2.72. The van der Waals surface area contributed by atoms with Gasteiger partial charge < -0.3 is 9.73 Å². The maximum absolute atomic E-state index is 12.2. The number of para-hydroxylation sites is 1. The molecule has 6 heteroatoms. The standard InChI is InChI=1S/C13H7NO3S2/c15-11-7(5-10-12(16)14-13(18)19-10)6-17-9-4-2-1-3-8(9)11/h1-6H,(H,14,16,18)/b10-5-. The lowest BCUT2D eigenvalue weighted by Crippen LogP contribution is -2.17. The van der Waals surface area contributed by atoms with Crippen molar-refractivity contribution >= 4 is 51.3 Å². The molecule has 1 aromatic heterocycles. The molecule has 0 atom stereocenters. The molecule has 19 heavy (non-hydrogen) atoms. The number of rotatable bonds is 1. The zero-order valence-electron chi connectivity index (χ0n) is 9.51. The molecule has 1 aromatic carbocycles. The molecule has 0 aliphatic carbocycles. The summed E-state index contributed by atoms with van der Waals surface area (Å²) in [7, 11) is 0. The SMILES string of the molecule is O=C1NC(=S)S/C1=C\c1coc2ccccc2c1=O. The van der Waals surface area contributed by atoms with Crippen LogP contribution in [-0.4, -0.2) is 10.2 Å². The molecule has 1 N–H and O–H groups in total. The summed E-state index contributed by atoms with van der Waals surface area (Å²) in [6.07, 6.45) is 2.85. The zero-order valence-corrected chi connectivity index (χ0v) is 11.1. The first-order chi connectivity index (χ1) is 9.15. The Balaban J connectivity index is 2.14. The number of hydrogen-bond acceptors (Lipinski definition) is 5. The summed E-state index contributed by atoms with van der Waals surface area (Å²) in [4.78, 5) is 24.2. The lowest BCUT2D eigenvalue weighted by atomic mass is 10.1. The van der Waals surface area contributed by atoms with Gasteiger partial charge in [-0.2, -0.15) is 0 Å². The number of carbonyl (C=O) groups is 1. The number of thiocarbonyl (C=S) groups is 1. The van der Waals surface area contributed by atoms with Crippen LogP contribution in [0, 0.1) is 0 Å². The van der Waals surface area contributed by atoms with Crippen LogP contribution in [0.25, 0.3) is 17.0 Å². The van der Waals surface area contributed by atoms with Gasteiger partial charge in [-0.05, 0) is 18.2 Å². The molecular weight excluding hydrogens is 282 g/mol. The van der Waals surface area contributed by atoms with Crippen molar-refractivity contribution in [3.05, 3.63) is 51.2 Å². The van der Waals surface area contributed by atoms with Crippen molar-refractivity contribution in [1.29, 1.82) is 0 Å². The van der Waals surface area contributed by atoms with Crippen LogP contribution in [0.2, 0.25) is 0 Å². The van der Waals surface area contributed by atoms with Gasteiger partial charge in [0, 0.05) is 0 Å². The number of amides is 1. The first-order valence-electron chi connectivity index (χ1n) is 5.40. The monoisotopic (exact) mass is 289 g/mol. The molecule has 0 saturated carbocycles. The van der Waals surface area contributed by atoms with E-state index in [1.165, 1.54) is 12.3 Å². The molecule has 0 spiro atoms.